The molecule has 2 aromatic heterocycles. The number of rotatable bonds is 12. The fraction of sp³-hybridized carbons (Fsp3) is 0.500. The maximum Gasteiger partial charge on any atom is 0.324 e. The summed E-state index contributed by atoms with van der Waals surface area (Å²) >= 11 is 0. The third kappa shape index (κ3) is 6.91. The molecule has 194 valence electrons. The Morgan fingerprint density at radius 1 is 1.06 bits per heavy atom. The van der Waals surface area contributed by atoms with Crippen LogP contribution in [-0.2, 0) is 19.5 Å². The largest absolute Gasteiger partial charge is 0.373 e. The molecule has 4 rings (SSSR count). The number of H-pyrrole nitrogens is 1. The molecule has 0 atom stereocenters. The standard InChI is InChI=1S/C24H33N7O4S/c25-35-20(32)10-6-1-2-7-15-36(33,34)19-13-11-18(12-14-19)29-24-30-22-21(26-16-27-22)23(31-24)28-17-8-4-3-5-9-17/h11-14,16-17H,1-10,15,25H2,(H3,26,27,28,29,30,31). The number of nitrogens with two attached hydrogens (primary N) is 1. The summed E-state index contributed by atoms with van der Waals surface area (Å²) in [4.78, 5) is 31.9. The van der Waals surface area contributed by atoms with Gasteiger partial charge in [-0.2, -0.15) is 15.9 Å². The van der Waals surface area contributed by atoms with Crippen molar-refractivity contribution < 1.29 is 18.0 Å². The summed E-state index contributed by atoms with van der Waals surface area (Å²) in [6.45, 7) is 0. The Hall–Kier alpha value is -3.25. The SMILES string of the molecule is NOC(=O)CCCCCCS(=O)(=O)c1ccc(Nc2nc(NC3CCCCC3)c3[nH]cnc3n2)cc1. The molecule has 2 heterocycles. The van der Waals surface area contributed by atoms with Crippen LogP contribution in [0.4, 0.5) is 17.5 Å². The van der Waals surface area contributed by atoms with E-state index in [1.54, 1.807) is 30.6 Å². The van der Waals surface area contributed by atoms with Crippen LogP contribution in [-0.4, -0.2) is 46.1 Å². The molecule has 1 saturated carbocycles. The van der Waals surface area contributed by atoms with Crippen molar-refractivity contribution in [2.45, 2.75) is 75.1 Å². The number of hydrogen-bond acceptors (Lipinski definition) is 10. The molecule has 0 radical (unpaired) electrons. The number of nitrogens with one attached hydrogen (secondary N) is 3. The topological polar surface area (TPSA) is 165 Å². The number of nitrogens with zero attached hydrogens (tertiary/aromatic N) is 3. The lowest BCUT2D eigenvalue weighted by atomic mass is 9.95. The molecular weight excluding hydrogens is 482 g/mol. The van der Waals surface area contributed by atoms with Gasteiger partial charge in [0.25, 0.3) is 0 Å². The van der Waals surface area contributed by atoms with Gasteiger partial charge in [0, 0.05) is 18.2 Å². The molecule has 0 unspecified atom stereocenters. The molecule has 1 aliphatic carbocycles. The van der Waals surface area contributed by atoms with Crippen LogP contribution in [0.25, 0.3) is 11.2 Å². The molecule has 0 spiro atoms. The molecular formula is C24H33N7O4S. The number of carbonyl (C=O) groups excluding carboxylic acids is 1. The normalized spacial score (nSPS) is 14.6. The second-order valence-corrected chi connectivity index (χ2v) is 11.2. The van der Waals surface area contributed by atoms with Crippen LogP contribution < -0.4 is 16.5 Å². The van der Waals surface area contributed by atoms with E-state index in [-0.39, 0.29) is 17.1 Å². The molecule has 0 aliphatic heterocycles. The summed E-state index contributed by atoms with van der Waals surface area (Å²) in [6, 6.07) is 6.96. The van der Waals surface area contributed by atoms with Gasteiger partial charge in [-0.15, -0.1) is 0 Å². The summed E-state index contributed by atoms with van der Waals surface area (Å²) in [6.07, 6.45) is 10.4. The van der Waals surface area contributed by atoms with Crippen LogP contribution in [0.1, 0.15) is 64.2 Å². The lowest BCUT2D eigenvalue weighted by Crippen LogP contribution is -2.23. The first-order valence-electron chi connectivity index (χ1n) is 12.4. The third-order valence-corrected chi connectivity index (χ3v) is 8.19. The van der Waals surface area contributed by atoms with Crippen LogP contribution >= 0.6 is 0 Å². The Labute approximate surface area is 210 Å². The van der Waals surface area contributed by atoms with Gasteiger partial charge in [0.1, 0.15) is 5.52 Å². The number of unbranched alkanes of at least 4 members (excludes halogenated alkanes) is 3. The van der Waals surface area contributed by atoms with E-state index in [1.807, 2.05) is 0 Å². The average molecular weight is 516 g/mol. The van der Waals surface area contributed by atoms with E-state index in [2.05, 4.69) is 35.4 Å². The molecule has 11 nitrogen and oxygen atoms in total. The van der Waals surface area contributed by atoms with Crippen LogP contribution in [0.3, 0.4) is 0 Å². The molecule has 0 amide bonds. The van der Waals surface area contributed by atoms with Gasteiger partial charge in [-0.05, 0) is 49.9 Å². The minimum Gasteiger partial charge on any atom is -0.373 e. The van der Waals surface area contributed by atoms with Gasteiger partial charge in [0.2, 0.25) is 5.95 Å². The second-order valence-electron chi connectivity index (χ2n) is 9.10. The minimum atomic E-state index is -3.40. The summed E-state index contributed by atoms with van der Waals surface area (Å²) < 4.78 is 25.4. The molecule has 0 bridgehead atoms. The number of aromatic nitrogens is 4. The number of benzene rings is 1. The van der Waals surface area contributed by atoms with E-state index in [0.717, 1.165) is 24.8 Å². The molecule has 36 heavy (non-hydrogen) atoms. The predicted octanol–water partition coefficient (Wildman–Crippen LogP) is 3.98. The fourth-order valence-corrected chi connectivity index (χ4v) is 5.77. The van der Waals surface area contributed by atoms with Crippen LogP contribution in [0, 0.1) is 0 Å². The van der Waals surface area contributed by atoms with E-state index in [0.29, 0.717) is 48.4 Å². The Balaban J connectivity index is 1.35. The Bertz CT molecular complexity index is 1260. The molecule has 3 aromatic rings. The Morgan fingerprint density at radius 2 is 1.81 bits per heavy atom. The lowest BCUT2D eigenvalue weighted by molar-refractivity contribution is -0.144. The average Bonchev–Trinajstić information content (AvgIpc) is 3.36. The Kier molecular flexibility index (Phi) is 8.70. The number of aromatic amines is 1. The molecule has 0 saturated heterocycles. The number of fused-ring (bicyclic) bond motifs is 1. The monoisotopic (exact) mass is 515 g/mol. The van der Waals surface area contributed by atoms with E-state index >= 15 is 0 Å². The molecule has 1 aromatic carbocycles. The maximum atomic E-state index is 12.7. The lowest BCUT2D eigenvalue weighted by Gasteiger charge is -2.23. The first-order chi connectivity index (χ1) is 17.4. The highest BCUT2D eigenvalue weighted by Gasteiger charge is 2.18. The van der Waals surface area contributed by atoms with Crippen molar-refractivity contribution in [1.82, 2.24) is 19.9 Å². The van der Waals surface area contributed by atoms with E-state index in [9.17, 15) is 13.2 Å². The highest BCUT2D eigenvalue weighted by molar-refractivity contribution is 7.91. The van der Waals surface area contributed by atoms with Crippen molar-refractivity contribution in [3.8, 4) is 0 Å². The molecule has 1 aliphatic rings. The fourth-order valence-electron chi connectivity index (χ4n) is 4.40. The van der Waals surface area contributed by atoms with Gasteiger partial charge < -0.3 is 20.5 Å². The number of sulfone groups is 1. The van der Waals surface area contributed by atoms with Gasteiger partial charge in [0.15, 0.2) is 21.3 Å². The zero-order valence-electron chi connectivity index (χ0n) is 20.2. The highest BCUT2D eigenvalue weighted by atomic mass is 32.2. The zero-order chi connectivity index (χ0) is 25.4. The third-order valence-electron chi connectivity index (χ3n) is 6.38. The van der Waals surface area contributed by atoms with Crippen molar-refractivity contribution in [3.63, 3.8) is 0 Å². The minimum absolute atomic E-state index is 0.0518. The van der Waals surface area contributed by atoms with E-state index in [4.69, 9.17) is 5.90 Å². The number of imidazole rings is 1. The first kappa shape index (κ1) is 25.8. The van der Waals surface area contributed by atoms with Crippen molar-refractivity contribution in [1.29, 1.82) is 0 Å². The van der Waals surface area contributed by atoms with Crippen molar-refractivity contribution in [3.05, 3.63) is 30.6 Å². The van der Waals surface area contributed by atoms with Gasteiger partial charge >= 0.3 is 5.97 Å². The van der Waals surface area contributed by atoms with Gasteiger partial charge in [0.05, 0.1) is 17.0 Å². The quantitative estimate of drug-likeness (QED) is 0.205. The smallest absolute Gasteiger partial charge is 0.324 e. The van der Waals surface area contributed by atoms with Crippen molar-refractivity contribution >= 4 is 44.4 Å². The summed E-state index contributed by atoms with van der Waals surface area (Å²) in [5.41, 5.74) is 2.01. The summed E-state index contributed by atoms with van der Waals surface area (Å²) in [5, 5.41) is 6.70. The zero-order valence-corrected chi connectivity index (χ0v) is 21.0. The number of anilines is 3. The van der Waals surface area contributed by atoms with Gasteiger partial charge in [-0.25, -0.2) is 13.4 Å². The summed E-state index contributed by atoms with van der Waals surface area (Å²) in [7, 11) is -3.40. The van der Waals surface area contributed by atoms with E-state index < -0.39 is 15.8 Å². The van der Waals surface area contributed by atoms with Gasteiger partial charge in [-0.1, -0.05) is 32.1 Å². The predicted molar refractivity (Wildman–Crippen MR) is 137 cm³/mol. The van der Waals surface area contributed by atoms with Crippen LogP contribution in [0.15, 0.2) is 35.5 Å². The number of carbonyl (C=O) groups is 1. The molecule has 5 N–H and O–H groups in total. The molecule has 1 fully saturated rings. The molecule has 12 heteroatoms. The number of hydrogen-bond donors (Lipinski definition) is 4. The first-order valence-corrected chi connectivity index (χ1v) is 14.1. The van der Waals surface area contributed by atoms with Crippen LogP contribution in [0.2, 0.25) is 0 Å². The maximum absolute atomic E-state index is 12.7. The van der Waals surface area contributed by atoms with E-state index in [1.165, 1.54) is 19.3 Å². The van der Waals surface area contributed by atoms with Crippen molar-refractivity contribution in [2.75, 3.05) is 16.4 Å². The van der Waals surface area contributed by atoms with Crippen molar-refractivity contribution in [2.24, 2.45) is 5.90 Å². The van der Waals surface area contributed by atoms with Crippen LogP contribution in [0.5, 0.6) is 0 Å². The highest BCUT2D eigenvalue weighted by Crippen LogP contribution is 2.26. The second kappa shape index (κ2) is 12.1. The van der Waals surface area contributed by atoms with Gasteiger partial charge in [-0.3, -0.25) is 4.79 Å². The summed E-state index contributed by atoms with van der Waals surface area (Å²) in [5.74, 6) is 5.50. The Morgan fingerprint density at radius 3 is 2.56 bits per heavy atom.